The van der Waals surface area contributed by atoms with Gasteiger partial charge in [0.05, 0.1) is 11.6 Å². The molecule has 0 amide bonds. The van der Waals surface area contributed by atoms with E-state index in [4.69, 9.17) is 4.42 Å². The highest BCUT2D eigenvalue weighted by molar-refractivity contribution is 5.89. The molecule has 0 fully saturated rings. The van der Waals surface area contributed by atoms with Crippen LogP contribution in [0, 0.1) is 10.1 Å². The van der Waals surface area contributed by atoms with Crippen molar-refractivity contribution in [3.63, 3.8) is 0 Å². The Balaban J connectivity index is 1.66. The predicted molar refractivity (Wildman–Crippen MR) is 86.0 cm³/mol. The quantitative estimate of drug-likeness (QED) is 0.440. The minimum atomic E-state index is -0.590. The number of allylic oxidation sites excluding steroid dienone is 1. The molecule has 0 radical (unpaired) electrons. The molecule has 0 atom stereocenters. The van der Waals surface area contributed by atoms with E-state index in [1.54, 1.807) is 12.2 Å². The second-order valence-corrected chi connectivity index (χ2v) is 4.42. The molecule has 0 unspecified atom stereocenters. The van der Waals surface area contributed by atoms with Gasteiger partial charge in [0.2, 0.25) is 0 Å². The Morgan fingerprint density at radius 2 is 2.09 bits per heavy atom. The highest BCUT2D eigenvalue weighted by atomic mass is 16.6. The molecule has 2 aromatic heterocycles. The first-order valence-corrected chi connectivity index (χ1v) is 6.64. The lowest BCUT2D eigenvalue weighted by Crippen LogP contribution is -1.94. The van der Waals surface area contributed by atoms with Gasteiger partial charge >= 0.3 is 5.88 Å². The summed E-state index contributed by atoms with van der Waals surface area (Å²) in [6.07, 6.45) is 6.11. The smallest absolute Gasteiger partial charge is 0.401 e. The number of benzene rings is 1. The Labute approximate surface area is 130 Å². The Morgan fingerprint density at radius 3 is 2.91 bits per heavy atom. The van der Waals surface area contributed by atoms with E-state index < -0.39 is 4.92 Å². The zero-order valence-corrected chi connectivity index (χ0v) is 11.8. The number of hydrogen-bond donors (Lipinski definition) is 1. The number of para-hydroxylation sites is 1. The second-order valence-electron chi connectivity index (χ2n) is 4.42. The summed E-state index contributed by atoms with van der Waals surface area (Å²) in [5.74, 6) is 0.664. The number of hydrogen-bond acceptors (Lipinski definition) is 7. The van der Waals surface area contributed by atoms with E-state index >= 15 is 0 Å². The highest BCUT2D eigenvalue weighted by Gasteiger charge is 2.09. The lowest BCUT2D eigenvalue weighted by Gasteiger charge is -2.02. The summed E-state index contributed by atoms with van der Waals surface area (Å²) < 4.78 is 4.98. The number of aromatic nitrogens is 2. The van der Waals surface area contributed by atoms with Crippen molar-refractivity contribution in [3.05, 3.63) is 64.7 Å². The van der Waals surface area contributed by atoms with Crippen LogP contribution in [0.15, 0.2) is 58.3 Å². The minimum absolute atomic E-state index is 0.299. The number of nitrogens with zero attached hydrogens (tertiary/aromatic N) is 4. The molecule has 0 spiro atoms. The van der Waals surface area contributed by atoms with Crippen LogP contribution in [-0.4, -0.2) is 21.1 Å². The maximum absolute atomic E-state index is 10.5. The third kappa shape index (κ3) is 3.38. The van der Waals surface area contributed by atoms with Crippen molar-refractivity contribution in [2.24, 2.45) is 5.10 Å². The average molecular weight is 309 g/mol. The number of nitrogens with one attached hydrogen (secondary N) is 1. The molecule has 3 aromatic rings. The molecule has 1 N–H and O–H groups in total. The summed E-state index contributed by atoms with van der Waals surface area (Å²) in [6, 6.07) is 10.4. The second kappa shape index (κ2) is 6.48. The maximum Gasteiger partial charge on any atom is 0.433 e. The van der Waals surface area contributed by atoms with Gasteiger partial charge in [0.1, 0.15) is 17.0 Å². The zero-order valence-electron chi connectivity index (χ0n) is 11.8. The number of rotatable bonds is 5. The summed E-state index contributed by atoms with van der Waals surface area (Å²) in [7, 11) is 0. The monoisotopic (exact) mass is 309 g/mol. The van der Waals surface area contributed by atoms with Gasteiger partial charge in [-0.25, -0.2) is 9.97 Å². The third-order valence-electron chi connectivity index (χ3n) is 2.93. The molecule has 23 heavy (non-hydrogen) atoms. The van der Waals surface area contributed by atoms with Crippen molar-refractivity contribution in [1.29, 1.82) is 0 Å². The van der Waals surface area contributed by atoms with Crippen LogP contribution in [0.3, 0.4) is 0 Å². The molecule has 8 nitrogen and oxygen atoms in total. The Hall–Kier alpha value is -3.55. The summed E-state index contributed by atoms with van der Waals surface area (Å²) in [6.45, 7) is 0. The zero-order chi connectivity index (χ0) is 16.1. The summed E-state index contributed by atoms with van der Waals surface area (Å²) >= 11 is 0. The molecule has 8 heteroatoms. The van der Waals surface area contributed by atoms with Gasteiger partial charge in [0, 0.05) is 11.6 Å². The van der Waals surface area contributed by atoms with Crippen LogP contribution in [0.4, 0.5) is 11.7 Å². The van der Waals surface area contributed by atoms with Crippen molar-refractivity contribution < 1.29 is 9.34 Å². The largest absolute Gasteiger partial charge is 0.433 e. The number of fused-ring (bicyclic) bond motifs is 1. The van der Waals surface area contributed by atoms with E-state index in [0.717, 1.165) is 10.9 Å². The molecule has 114 valence electrons. The van der Waals surface area contributed by atoms with Crippen LogP contribution in [0.25, 0.3) is 17.0 Å². The molecule has 0 aliphatic heterocycles. The van der Waals surface area contributed by atoms with Gasteiger partial charge in [0.15, 0.2) is 5.82 Å². The Morgan fingerprint density at radius 1 is 1.22 bits per heavy atom. The summed E-state index contributed by atoms with van der Waals surface area (Å²) in [4.78, 5) is 18.2. The van der Waals surface area contributed by atoms with Gasteiger partial charge in [-0.1, -0.05) is 12.1 Å². The van der Waals surface area contributed by atoms with E-state index in [1.165, 1.54) is 24.7 Å². The molecule has 0 saturated carbocycles. The molecule has 0 saturated heterocycles. The van der Waals surface area contributed by atoms with Gasteiger partial charge in [-0.05, 0) is 30.4 Å². The van der Waals surface area contributed by atoms with E-state index in [0.29, 0.717) is 11.6 Å². The van der Waals surface area contributed by atoms with Gasteiger partial charge in [0.25, 0.3) is 0 Å². The Bertz CT molecular complexity index is 896. The van der Waals surface area contributed by atoms with Gasteiger partial charge in [-0.3, -0.25) is 15.5 Å². The molecule has 0 bridgehead atoms. The van der Waals surface area contributed by atoms with Gasteiger partial charge in [-0.2, -0.15) is 5.10 Å². The average Bonchev–Trinajstić information content (AvgIpc) is 3.04. The maximum atomic E-state index is 10.5. The fourth-order valence-corrected chi connectivity index (χ4v) is 1.90. The molecular formula is C15H11N5O3. The van der Waals surface area contributed by atoms with Crippen LogP contribution in [0.2, 0.25) is 0 Å². The topological polar surface area (TPSA) is 106 Å². The van der Waals surface area contributed by atoms with Crippen LogP contribution in [0.5, 0.6) is 0 Å². The lowest BCUT2D eigenvalue weighted by molar-refractivity contribution is -0.402. The van der Waals surface area contributed by atoms with Crippen LogP contribution in [0.1, 0.15) is 5.76 Å². The number of furan rings is 1. The van der Waals surface area contributed by atoms with Gasteiger partial charge in [-0.15, -0.1) is 0 Å². The lowest BCUT2D eigenvalue weighted by atomic mass is 10.2. The highest BCUT2D eigenvalue weighted by Crippen LogP contribution is 2.18. The van der Waals surface area contributed by atoms with Crippen molar-refractivity contribution in [2.75, 3.05) is 5.43 Å². The fraction of sp³-hybridized carbons (Fsp3) is 0. The van der Waals surface area contributed by atoms with Gasteiger partial charge < -0.3 is 4.42 Å². The van der Waals surface area contributed by atoms with Crippen molar-refractivity contribution >= 4 is 34.9 Å². The fourth-order valence-electron chi connectivity index (χ4n) is 1.90. The molecular weight excluding hydrogens is 298 g/mol. The van der Waals surface area contributed by atoms with E-state index in [1.807, 2.05) is 24.3 Å². The number of nitro groups is 1. The van der Waals surface area contributed by atoms with Crippen LogP contribution in [-0.2, 0) is 0 Å². The van der Waals surface area contributed by atoms with Crippen molar-refractivity contribution in [3.8, 4) is 0 Å². The summed E-state index contributed by atoms with van der Waals surface area (Å²) in [5, 5.41) is 15.4. The normalized spacial score (nSPS) is 11.5. The van der Waals surface area contributed by atoms with Crippen LogP contribution >= 0.6 is 0 Å². The number of anilines is 1. The third-order valence-corrected chi connectivity index (χ3v) is 2.93. The first-order chi connectivity index (χ1) is 11.2. The minimum Gasteiger partial charge on any atom is -0.401 e. The molecule has 1 aromatic carbocycles. The molecule has 0 aliphatic carbocycles. The molecule has 0 aliphatic rings. The van der Waals surface area contributed by atoms with E-state index in [2.05, 4.69) is 20.5 Å². The van der Waals surface area contributed by atoms with E-state index in [9.17, 15) is 10.1 Å². The summed E-state index contributed by atoms with van der Waals surface area (Å²) in [5.41, 5.74) is 3.64. The van der Waals surface area contributed by atoms with E-state index in [-0.39, 0.29) is 5.88 Å². The number of hydrazone groups is 1. The standard InChI is InChI=1S/C15H11N5O3/c21-20(22)14-8-7-11(23-14)4-3-9-18-19-15-12-5-1-2-6-13(12)16-10-17-15/h1-10H,(H,16,17,19)/b4-3+,18-9+. The molecule has 3 rings (SSSR count). The Kier molecular flexibility index (Phi) is 4.05. The predicted octanol–water partition coefficient (Wildman–Crippen LogP) is 3.24. The molecule has 2 heterocycles. The van der Waals surface area contributed by atoms with Crippen molar-refractivity contribution in [1.82, 2.24) is 9.97 Å². The van der Waals surface area contributed by atoms with Crippen molar-refractivity contribution in [2.45, 2.75) is 0 Å². The first kappa shape index (κ1) is 14.4. The SMILES string of the molecule is O=[N+]([O-])c1ccc(/C=C/C=N/Nc2ncnc3ccccc23)o1. The van der Waals surface area contributed by atoms with Crippen LogP contribution < -0.4 is 5.43 Å². The first-order valence-electron chi connectivity index (χ1n) is 6.64.